The van der Waals surface area contributed by atoms with E-state index in [1.54, 1.807) is 0 Å². The van der Waals surface area contributed by atoms with Crippen molar-refractivity contribution in [3.8, 4) is 0 Å². The minimum Gasteiger partial charge on any atom is -0.356 e. The van der Waals surface area contributed by atoms with Gasteiger partial charge in [-0.3, -0.25) is 0 Å². The summed E-state index contributed by atoms with van der Waals surface area (Å²) >= 11 is 0. The van der Waals surface area contributed by atoms with E-state index in [2.05, 4.69) is 43.0 Å². The zero-order chi connectivity index (χ0) is 23.8. The second-order valence-electron chi connectivity index (χ2n) is 10.8. The van der Waals surface area contributed by atoms with Crippen LogP contribution in [-0.2, 0) is 0 Å². The molecule has 2 heteroatoms. The number of unbranched alkanes of at least 4 members (excludes halogenated alkanes) is 19. The molecule has 1 rings (SSSR count). The molecule has 1 atom stereocenters. The van der Waals surface area contributed by atoms with Crippen molar-refractivity contribution < 1.29 is 0 Å². The summed E-state index contributed by atoms with van der Waals surface area (Å²) in [6, 6.07) is 0. The lowest BCUT2D eigenvalue weighted by Gasteiger charge is -2.33. The van der Waals surface area contributed by atoms with Crippen LogP contribution in [0.15, 0.2) is 12.4 Å². The quantitative estimate of drug-likeness (QED) is 0.124. The molecule has 0 radical (unpaired) electrons. The second-order valence-corrected chi connectivity index (χ2v) is 10.8. The smallest absolute Gasteiger partial charge is 0.101 e. The Morgan fingerprint density at radius 1 is 0.394 bits per heavy atom. The molecular weight excluding hydrogens is 400 g/mol. The SMILES string of the molecule is CCCCCCCCCCCCCCCCN1C=CN(CCC)C1CCCCCCCCC. The summed E-state index contributed by atoms with van der Waals surface area (Å²) in [5.74, 6) is 0. The van der Waals surface area contributed by atoms with Gasteiger partial charge in [-0.1, -0.05) is 143 Å². The molecule has 0 fully saturated rings. The topological polar surface area (TPSA) is 6.48 Å². The van der Waals surface area contributed by atoms with E-state index in [0.29, 0.717) is 6.17 Å². The van der Waals surface area contributed by atoms with Crippen molar-refractivity contribution in [3.63, 3.8) is 0 Å². The van der Waals surface area contributed by atoms with Crippen LogP contribution in [0.5, 0.6) is 0 Å². The highest BCUT2D eigenvalue weighted by atomic mass is 15.4. The molecule has 0 aromatic carbocycles. The normalized spacial score (nSPS) is 15.8. The second kappa shape index (κ2) is 23.1. The number of rotatable bonds is 25. The van der Waals surface area contributed by atoms with Crippen molar-refractivity contribution in [2.45, 2.75) is 175 Å². The molecule has 2 nitrogen and oxygen atoms in total. The Morgan fingerprint density at radius 2 is 0.758 bits per heavy atom. The highest BCUT2D eigenvalue weighted by molar-refractivity contribution is 4.96. The highest BCUT2D eigenvalue weighted by Gasteiger charge is 2.24. The lowest BCUT2D eigenvalue weighted by Crippen LogP contribution is -2.39. The van der Waals surface area contributed by atoms with Gasteiger partial charge in [0.25, 0.3) is 0 Å². The maximum Gasteiger partial charge on any atom is 0.101 e. The van der Waals surface area contributed by atoms with E-state index in [-0.39, 0.29) is 0 Å². The monoisotopic (exact) mass is 462 g/mol. The predicted octanol–water partition coefficient (Wildman–Crippen LogP) is 10.4. The van der Waals surface area contributed by atoms with Crippen molar-refractivity contribution >= 4 is 0 Å². The van der Waals surface area contributed by atoms with Gasteiger partial charge in [-0.15, -0.1) is 0 Å². The minimum absolute atomic E-state index is 0.641. The molecule has 0 aromatic heterocycles. The molecule has 196 valence electrons. The molecule has 0 bridgehead atoms. The standard InChI is InChI=1S/C31H62N2/c1-4-7-9-11-13-14-15-16-17-18-19-21-23-25-28-33-30-29-32(27-6-3)31(33)26-24-22-20-12-10-8-5-2/h29-31H,4-28H2,1-3H3. The highest BCUT2D eigenvalue weighted by Crippen LogP contribution is 2.23. The maximum atomic E-state index is 2.66. The van der Waals surface area contributed by atoms with Crippen LogP contribution in [0.25, 0.3) is 0 Å². The molecule has 1 aliphatic rings. The summed E-state index contributed by atoms with van der Waals surface area (Å²) in [5, 5.41) is 0. The van der Waals surface area contributed by atoms with Crippen LogP contribution in [0.4, 0.5) is 0 Å². The molecule has 1 aliphatic heterocycles. The third kappa shape index (κ3) is 16.6. The summed E-state index contributed by atoms with van der Waals surface area (Å²) < 4.78 is 0. The van der Waals surface area contributed by atoms with Gasteiger partial charge in [0.15, 0.2) is 0 Å². The minimum atomic E-state index is 0.641. The fourth-order valence-electron chi connectivity index (χ4n) is 5.37. The molecule has 0 aromatic rings. The van der Waals surface area contributed by atoms with E-state index >= 15 is 0 Å². The Kier molecular flexibility index (Phi) is 21.3. The Morgan fingerprint density at radius 3 is 1.18 bits per heavy atom. The number of hydrogen-bond donors (Lipinski definition) is 0. The Hall–Kier alpha value is -0.660. The average molecular weight is 463 g/mol. The average Bonchev–Trinajstić information content (AvgIpc) is 3.20. The van der Waals surface area contributed by atoms with Crippen LogP contribution >= 0.6 is 0 Å². The van der Waals surface area contributed by atoms with Gasteiger partial charge in [0.2, 0.25) is 0 Å². The zero-order valence-electron chi connectivity index (χ0n) is 23.3. The molecule has 0 saturated carbocycles. The zero-order valence-corrected chi connectivity index (χ0v) is 23.3. The molecule has 0 aliphatic carbocycles. The van der Waals surface area contributed by atoms with E-state index in [9.17, 15) is 0 Å². The fraction of sp³-hybridized carbons (Fsp3) is 0.935. The Labute approximate surface area is 210 Å². The van der Waals surface area contributed by atoms with E-state index in [4.69, 9.17) is 0 Å². The van der Waals surface area contributed by atoms with Gasteiger partial charge in [0, 0.05) is 25.5 Å². The molecule has 0 saturated heterocycles. The van der Waals surface area contributed by atoms with Crippen molar-refractivity contribution in [1.29, 1.82) is 0 Å². The summed E-state index contributed by atoms with van der Waals surface area (Å²) in [6.07, 6.45) is 38.2. The number of nitrogens with zero attached hydrogens (tertiary/aromatic N) is 2. The van der Waals surface area contributed by atoms with Gasteiger partial charge in [-0.05, 0) is 25.7 Å². The third-order valence-corrected chi connectivity index (χ3v) is 7.53. The van der Waals surface area contributed by atoms with Gasteiger partial charge >= 0.3 is 0 Å². The lowest BCUT2D eigenvalue weighted by atomic mass is 10.0. The fourth-order valence-corrected chi connectivity index (χ4v) is 5.37. The Balaban J connectivity index is 2.02. The van der Waals surface area contributed by atoms with Gasteiger partial charge < -0.3 is 9.80 Å². The van der Waals surface area contributed by atoms with Crippen LogP contribution in [0.1, 0.15) is 168 Å². The van der Waals surface area contributed by atoms with Crippen molar-refractivity contribution in [2.24, 2.45) is 0 Å². The van der Waals surface area contributed by atoms with Crippen LogP contribution < -0.4 is 0 Å². The lowest BCUT2D eigenvalue weighted by molar-refractivity contribution is 0.137. The summed E-state index contributed by atoms with van der Waals surface area (Å²) in [4.78, 5) is 5.27. The van der Waals surface area contributed by atoms with Crippen molar-refractivity contribution in [1.82, 2.24) is 9.80 Å². The number of hydrogen-bond acceptors (Lipinski definition) is 2. The van der Waals surface area contributed by atoms with Crippen molar-refractivity contribution in [3.05, 3.63) is 12.4 Å². The van der Waals surface area contributed by atoms with E-state index in [0.717, 1.165) is 0 Å². The molecule has 33 heavy (non-hydrogen) atoms. The van der Waals surface area contributed by atoms with Gasteiger partial charge in [0.05, 0.1) is 0 Å². The maximum absolute atomic E-state index is 2.66. The van der Waals surface area contributed by atoms with Gasteiger partial charge in [0.1, 0.15) is 6.17 Å². The van der Waals surface area contributed by atoms with Crippen LogP contribution in [-0.4, -0.2) is 29.1 Å². The third-order valence-electron chi connectivity index (χ3n) is 7.53. The van der Waals surface area contributed by atoms with E-state index in [1.165, 1.54) is 161 Å². The van der Waals surface area contributed by atoms with Gasteiger partial charge in [-0.2, -0.15) is 0 Å². The first kappa shape index (κ1) is 30.4. The first-order chi connectivity index (χ1) is 16.3. The molecule has 1 unspecified atom stereocenters. The van der Waals surface area contributed by atoms with Crippen LogP contribution in [0.3, 0.4) is 0 Å². The van der Waals surface area contributed by atoms with E-state index in [1.807, 2.05) is 0 Å². The molecule has 1 heterocycles. The van der Waals surface area contributed by atoms with Crippen LogP contribution in [0, 0.1) is 0 Å². The first-order valence-corrected chi connectivity index (χ1v) is 15.5. The molecule has 0 amide bonds. The van der Waals surface area contributed by atoms with Crippen LogP contribution in [0.2, 0.25) is 0 Å². The molecular formula is C31H62N2. The summed E-state index contributed by atoms with van der Waals surface area (Å²) in [5.41, 5.74) is 0. The first-order valence-electron chi connectivity index (χ1n) is 15.5. The Bertz CT molecular complexity index is 419. The molecule has 0 spiro atoms. The summed E-state index contributed by atoms with van der Waals surface area (Å²) in [6.45, 7) is 9.40. The summed E-state index contributed by atoms with van der Waals surface area (Å²) in [7, 11) is 0. The van der Waals surface area contributed by atoms with Crippen molar-refractivity contribution in [2.75, 3.05) is 13.1 Å². The van der Waals surface area contributed by atoms with Gasteiger partial charge in [-0.25, -0.2) is 0 Å². The van der Waals surface area contributed by atoms with E-state index < -0.39 is 0 Å². The predicted molar refractivity (Wildman–Crippen MR) is 150 cm³/mol. The molecule has 0 N–H and O–H groups in total. The largest absolute Gasteiger partial charge is 0.356 e.